The molecule has 230 valence electrons. The monoisotopic (exact) mass is 627 g/mol. The van der Waals surface area contributed by atoms with Crippen LogP contribution >= 0.6 is 0 Å². The number of aromatic nitrogens is 3. The number of hydrogen-bond acceptors (Lipinski definition) is 6. The van der Waals surface area contributed by atoms with Crippen LogP contribution in [0.15, 0.2) is 64.1 Å². The van der Waals surface area contributed by atoms with Gasteiger partial charge in [0.15, 0.2) is 38.7 Å². The summed E-state index contributed by atoms with van der Waals surface area (Å²) >= 11 is 0. The zero-order valence-electron chi connectivity index (χ0n) is 24.2. The molecule has 12 heteroatoms. The molecule has 6 rings (SSSR count). The Bertz CT molecular complexity index is 1930. The lowest BCUT2D eigenvalue weighted by atomic mass is 9.89. The number of sulfone groups is 1. The van der Waals surface area contributed by atoms with E-state index in [1.165, 1.54) is 29.7 Å². The molecule has 1 fully saturated rings. The van der Waals surface area contributed by atoms with Gasteiger partial charge in [-0.05, 0) is 86.1 Å². The fraction of sp³-hybridized carbons (Fsp3) is 0.312. The molecular formula is C32H29F4N3O4S. The van der Waals surface area contributed by atoms with Crippen LogP contribution in [0.2, 0.25) is 0 Å². The highest BCUT2D eigenvalue weighted by Gasteiger charge is 2.35. The molecule has 1 saturated carbocycles. The van der Waals surface area contributed by atoms with Gasteiger partial charge in [-0.2, -0.15) is 13.2 Å². The maximum atomic E-state index is 15.1. The quantitative estimate of drug-likeness (QED) is 0.186. The van der Waals surface area contributed by atoms with Crippen LogP contribution < -0.4 is 4.74 Å². The maximum absolute atomic E-state index is 15.1. The Kier molecular flexibility index (Phi) is 7.51. The van der Waals surface area contributed by atoms with E-state index in [9.17, 15) is 21.6 Å². The van der Waals surface area contributed by atoms with E-state index in [1.54, 1.807) is 37.3 Å². The molecule has 0 amide bonds. The van der Waals surface area contributed by atoms with E-state index >= 15 is 4.39 Å². The van der Waals surface area contributed by atoms with Gasteiger partial charge in [0.25, 0.3) is 0 Å². The van der Waals surface area contributed by atoms with Gasteiger partial charge in [-0.25, -0.2) is 22.8 Å². The van der Waals surface area contributed by atoms with Crippen molar-refractivity contribution >= 4 is 26.7 Å². The standard InChI is InChI=1S/C32H29F4N3O4S/c1-18-37-29(32(34,35)36)16-39(18)27-11-9-22(21-5-4-6-24(13-21)44(3,40)41)14-25(27)30-31(43-19(2)38-30)23-10-12-28(26(33)15-23)42-17-20-7-8-20/h4-6,10,12-16,20H,7-9,11,17H2,1-3H3. The number of benzene rings is 2. The minimum Gasteiger partial charge on any atom is -0.490 e. The number of ether oxygens (including phenoxy) is 1. The molecule has 2 aromatic carbocycles. The minimum absolute atomic E-state index is 0.123. The number of nitrogens with zero attached hydrogens (tertiary/aromatic N) is 3. The minimum atomic E-state index is -4.64. The number of rotatable bonds is 8. The number of halogens is 4. The summed E-state index contributed by atoms with van der Waals surface area (Å²) in [5, 5.41) is 0. The first-order valence-corrected chi connectivity index (χ1v) is 16.0. The molecule has 0 atom stereocenters. The smallest absolute Gasteiger partial charge is 0.434 e. The van der Waals surface area contributed by atoms with Crippen molar-refractivity contribution in [1.82, 2.24) is 14.5 Å². The van der Waals surface area contributed by atoms with Gasteiger partial charge in [-0.15, -0.1) is 0 Å². The van der Waals surface area contributed by atoms with E-state index in [0.717, 1.165) is 30.9 Å². The van der Waals surface area contributed by atoms with Gasteiger partial charge in [0.1, 0.15) is 11.5 Å². The summed E-state index contributed by atoms with van der Waals surface area (Å²) in [6.45, 7) is 3.56. The molecule has 0 aliphatic heterocycles. The molecule has 0 saturated heterocycles. The highest BCUT2D eigenvalue weighted by Crippen LogP contribution is 2.43. The molecule has 4 aromatic rings. The number of alkyl halides is 3. The van der Waals surface area contributed by atoms with Crippen molar-refractivity contribution in [3.63, 3.8) is 0 Å². The summed E-state index contributed by atoms with van der Waals surface area (Å²) in [5.41, 5.74) is 2.00. The Morgan fingerprint density at radius 2 is 1.82 bits per heavy atom. The first kappa shape index (κ1) is 29.9. The molecule has 44 heavy (non-hydrogen) atoms. The molecule has 2 aliphatic carbocycles. The predicted octanol–water partition coefficient (Wildman–Crippen LogP) is 7.75. The van der Waals surface area contributed by atoms with Gasteiger partial charge in [0, 0.05) is 36.2 Å². The van der Waals surface area contributed by atoms with Gasteiger partial charge in [-0.3, -0.25) is 0 Å². The SMILES string of the molecule is Cc1nc(C2=C(n3cc(C(F)(F)F)nc3C)CCC(c3cccc(S(C)(=O)=O)c3)=C2)c(-c2ccc(OCC3CC3)c(F)c2)o1. The first-order chi connectivity index (χ1) is 20.8. The Hall–Kier alpha value is -4.19. The van der Waals surface area contributed by atoms with Crippen molar-refractivity contribution in [1.29, 1.82) is 0 Å². The fourth-order valence-electron chi connectivity index (χ4n) is 5.27. The van der Waals surface area contributed by atoms with Crippen molar-refractivity contribution in [3.8, 4) is 17.1 Å². The van der Waals surface area contributed by atoms with Gasteiger partial charge >= 0.3 is 6.18 Å². The molecule has 0 bridgehead atoms. The molecule has 2 aromatic heterocycles. The molecule has 2 heterocycles. The summed E-state index contributed by atoms with van der Waals surface area (Å²) in [6, 6.07) is 11.0. The van der Waals surface area contributed by atoms with E-state index in [0.29, 0.717) is 47.0 Å². The van der Waals surface area contributed by atoms with Crippen molar-refractivity contribution < 1.29 is 35.1 Å². The van der Waals surface area contributed by atoms with Crippen LogP contribution in [0.3, 0.4) is 0 Å². The number of allylic oxidation sites excluding steroid dienone is 4. The maximum Gasteiger partial charge on any atom is 0.434 e. The largest absolute Gasteiger partial charge is 0.490 e. The zero-order valence-corrected chi connectivity index (χ0v) is 25.0. The van der Waals surface area contributed by atoms with Crippen LogP contribution in [0.4, 0.5) is 17.6 Å². The Morgan fingerprint density at radius 1 is 1.05 bits per heavy atom. The highest BCUT2D eigenvalue weighted by atomic mass is 32.2. The average molecular weight is 628 g/mol. The van der Waals surface area contributed by atoms with Crippen LogP contribution in [-0.4, -0.2) is 35.8 Å². The predicted molar refractivity (Wildman–Crippen MR) is 157 cm³/mol. The molecule has 0 N–H and O–H groups in total. The third-order valence-corrected chi connectivity index (χ3v) is 8.82. The van der Waals surface area contributed by atoms with E-state index in [1.807, 2.05) is 0 Å². The average Bonchev–Trinajstić information content (AvgIpc) is 3.59. The Morgan fingerprint density at radius 3 is 2.48 bits per heavy atom. The molecule has 7 nitrogen and oxygen atoms in total. The van der Waals surface area contributed by atoms with E-state index in [4.69, 9.17) is 9.15 Å². The molecule has 2 aliphatic rings. The summed E-state index contributed by atoms with van der Waals surface area (Å²) in [7, 11) is -3.48. The molecule has 0 radical (unpaired) electrons. The first-order valence-electron chi connectivity index (χ1n) is 14.1. The number of hydrogen-bond donors (Lipinski definition) is 0. The summed E-state index contributed by atoms with van der Waals surface area (Å²) < 4.78 is 93.5. The van der Waals surface area contributed by atoms with Gasteiger partial charge in [-0.1, -0.05) is 12.1 Å². The lowest BCUT2D eigenvalue weighted by molar-refractivity contribution is -0.141. The van der Waals surface area contributed by atoms with Gasteiger partial charge in [0.05, 0.1) is 11.5 Å². The topological polar surface area (TPSA) is 87.2 Å². The van der Waals surface area contributed by atoms with Gasteiger partial charge in [0.2, 0.25) is 0 Å². The van der Waals surface area contributed by atoms with Crippen LogP contribution in [0, 0.1) is 25.6 Å². The summed E-state index contributed by atoms with van der Waals surface area (Å²) in [5.74, 6) is 0.629. The molecule has 0 spiro atoms. The van der Waals surface area contributed by atoms with Crippen LogP contribution in [-0.2, 0) is 16.0 Å². The van der Waals surface area contributed by atoms with E-state index in [2.05, 4.69) is 9.97 Å². The molecular weight excluding hydrogens is 598 g/mol. The zero-order chi connectivity index (χ0) is 31.4. The number of aryl methyl sites for hydroxylation is 2. The van der Waals surface area contributed by atoms with Crippen LogP contribution in [0.1, 0.15) is 54.3 Å². The third kappa shape index (κ3) is 6.08. The molecule has 0 unspecified atom stereocenters. The van der Waals surface area contributed by atoms with Crippen LogP contribution in [0.5, 0.6) is 5.75 Å². The Labute approximate surface area is 251 Å². The van der Waals surface area contributed by atoms with Crippen molar-refractivity contribution in [2.45, 2.75) is 50.6 Å². The fourth-order valence-corrected chi connectivity index (χ4v) is 5.93. The summed E-state index contributed by atoms with van der Waals surface area (Å²) in [4.78, 5) is 8.50. The van der Waals surface area contributed by atoms with Crippen LogP contribution in [0.25, 0.3) is 28.2 Å². The lowest BCUT2D eigenvalue weighted by Gasteiger charge is -2.22. The lowest BCUT2D eigenvalue weighted by Crippen LogP contribution is -2.08. The van der Waals surface area contributed by atoms with Crippen molar-refractivity contribution in [3.05, 3.63) is 89.2 Å². The number of imidazole rings is 1. The normalized spacial score (nSPS) is 15.9. The van der Waals surface area contributed by atoms with Crippen molar-refractivity contribution in [2.24, 2.45) is 5.92 Å². The number of oxazole rings is 1. The second-order valence-corrected chi connectivity index (χ2v) is 13.2. The van der Waals surface area contributed by atoms with E-state index in [-0.39, 0.29) is 34.5 Å². The van der Waals surface area contributed by atoms with E-state index < -0.39 is 27.5 Å². The summed E-state index contributed by atoms with van der Waals surface area (Å²) in [6.07, 6.45) is 2.01. The highest BCUT2D eigenvalue weighted by molar-refractivity contribution is 7.90. The third-order valence-electron chi connectivity index (χ3n) is 7.71. The van der Waals surface area contributed by atoms with Crippen molar-refractivity contribution in [2.75, 3.05) is 12.9 Å². The Balaban J connectivity index is 1.51. The second kappa shape index (κ2) is 11.1. The van der Waals surface area contributed by atoms with Gasteiger partial charge < -0.3 is 13.7 Å². The second-order valence-electron chi connectivity index (χ2n) is 11.2.